The van der Waals surface area contributed by atoms with Crippen LogP contribution in [0.1, 0.15) is 93.6 Å². The second-order valence-corrected chi connectivity index (χ2v) is 14.3. The lowest BCUT2D eigenvalue weighted by Gasteiger charge is -2.45. The summed E-state index contributed by atoms with van der Waals surface area (Å²) in [5.74, 6) is -1.04. The van der Waals surface area contributed by atoms with E-state index in [1.54, 1.807) is 48.5 Å². The largest absolute Gasteiger partial charge is 0.477 e. The third-order valence-electron chi connectivity index (χ3n) is 6.45. The molecule has 1 saturated heterocycles. The molecule has 10 nitrogen and oxygen atoms in total. The van der Waals surface area contributed by atoms with E-state index in [2.05, 4.69) is 0 Å². The van der Waals surface area contributed by atoms with Crippen molar-refractivity contribution < 1.29 is 46.7 Å². The van der Waals surface area contributed by atoms with E-state index in [9.17, 15) is 14.2 Å². The maximum atomic E-state index is 13.8. The lowest BCUT2D eigenvalue weighted by molar-refractivity contribution is -0.294. The van der Waals surface area contributed by atoms with Crippen LogP contribution in [0.25, 0.3) is 0 Å². The molecule has 0 unspecified atom stereocenters. The van der Waals surface area contributed by atoms with Gasteiger partial charge in [-0.3, -0.25) is 23.2 Å². The minimum absolute atomic E-state index is 0.0876. The number of rotatable bonds is 15. The smallest absolute Gasteiger partial charge is 0.455 e. The summed E-state index contributed by atoms with van der Waals surface area (Å²) in [5, 5.41) is 0. The van der Waals surface area contributed by atoms with Crippen molar-refractivity contribution in [2.24, 2.45) is 10.8 Å². The highest BCUT2D eigenvalue weighted by Crippen LogP contribution is 2.52. The Bertz CT molecular complexity index is 1000. The van der Waals surface area contributed by atoms with Gasteiger partial charge in [-0.2, -0.15) is 0 Å². The molecule has 5 atom stereocenters. The lowest BCUT2D eigenvalue weighted by atomic mass is 9.94. The SMILES string of the molecule is CCCCOP(=O)(OCCCC)O[C@@H]1O[C@@H](C)[C@@H](OC(=O)C(C)(C)C)[C@@H](OC(=O)C(C)(C)C)[C@@H]1OCc1ccccc1. The van der Waals surface area contributed by atoms with Gasteiger partial charge in [0.2, 0.25) is 0 Å². The number of ether oxygens (including phenoxy) is 4. The summed E-state index contributed by atoms with van der Waals surface area (Å²) in [6.45, 7) is 16.4. The number of esters is 2. The van der Waals surface area contributed by atoms with Gasteiger partial charge in [0.15, 0.2) is 18.5 Å². The van der Waals surface area contributed by atoms with Crippen LogP contribution in [0, 0.1) is 10.8 Å². The van der Waals surface area contributed by atoms with Gasteiger partial charge in [-0.25, -0.2) is 4.57 Å². The number of hydrogen-bond donors (Lipinski definition) is 0. The summed E-state index contributed by atoms with van der Waals surface area (Å²) in [7, 11) is -4.13. The number of carbonyl (C=O) groups is 2. The van der Waals surface area contributed by atoms with E-state index in [1.807, 2.05) is 44.2 Å². The molecule has 0 aromatic heterocycles. The van der Waals surface area contributed by atoms with Crippen molar-refractivity contribution in [1.82, 2.24) is 0 Å². The molecule has 0 radical (unpaired) electrons. The minimum Gasteiger partial charge on any atom is -0.455 e. The Morgan fingerprint density at radius 1 is 0.810 bits per heavy atom. The summed E-state index contributed by atoms with van der Waals surface area (Å²) in [6.07, 6.45) is -2.56. The Morgan fingerprint density at radius 2 is 1.31 bits per heavy atom. The molecule has 1 fully saturated rings. The number of carbonyl (C=O) groups excluding carboxylic acids is 2. The summed E-state index contributed by atoms with van der Waals surface area (Å²) in [5.41, 5.74) is -0.870. The number of unbranched alkanes of at least 4 members (excludes halogenated alkanes) is 2. The van der Waals surface area contributed by atoms with Crippen LogP contribution < -0.4 is 0 Å². The normalized spacial score (nSPS) is 23.4. The predicted octanol–water partition coefficient (Wildman–Crippen LogP) is 6.99. The highest BCUT2D eigenvalue weighted by atomic mass is 31.2. The molecule has 1 aromatic carbocycles. The predicted molar refractivity (Wildman–Crippen MR) is 158 cm³/mol. The van der Waals surface area contributed by atoms with Crippen LogP contribution in [0.4, 0.5) is 0 Å². The van der Waals surface area contributed by atoms with Gasteiger partial charge in [-0.1, -0.05) is 57.0 Å². The Morgan fingerprint density at radius 3 is 1.79 bits per heavy atom. The van der Waals surface area contributed by atoms with E-state index < -0.39 is 61.3 Å². The third-order valence-corrected chi connectivity index (χ3v) is 7.91. The number of benzene rings is 1. The van der Waals surface area contributed by atoms with E-state index in [0.717, 1.165) is 18.4 Å². The standard InChI is InChI=1S/C31H51O10P/c1-10-12-19-36-42(34,37-20-13-11-2)41-27-26(35-21-23-17-15-14-16-18-23)25(40-29(33)31(7,8)9)24(22(3)38-27)39-28(32)30(4,5)6/h14-18,22,24-27H,10-13,19-21H2,1-9H3/t22-,24+,25+,26-,27-/m0/s1. The molecule has 0 N–H and O–H groups in total. The van der Waals surface area contributed by atoms with Crippen LogP contribution in [0.3, 0.4) is 0 Å². The first-order valence-corrected chi connectivity index (χ1v) is 16.4. The van der Waals surface area contributed by atoms with Crippen LogP contribution in [0.15, 0.2) is 30.3 Å². The van der Waals surface area contributed by atoms with Crippen molar-refractivity contribution in [1.29, 1.82) is 0 Å². The zero-order chi connectivity index (χ0) is 31.6. The van der Waals surface area contributed by atoms with Crippen LogP contribution in [0.5, 0.6) is 0 Å². The molecule has 0 saturated carbocycles. The molecular weight excluding hydrogens is 563 g/mol. The van der Waals surface area contributed by atoms with Gasteiger partial charge in [0.1, 0.15) is 6.10 Å². The third kappa shape index (κ3) is 11.4. The van der Waals surface area contributed by atoms with Gasteiger partial charge in [-0.15, -0.1) is 0 Å². The molecule has 2 rings (SSSR count). The highest BCUT2D eigenvalue weighted by molar-refractivity contribution is 7.48. The van der Waals surface area contributed by atoms with Gasteiger partial charge in [-0.05, 0) is 66.9 Å². The highest BCUT2D eigenvalue weighted by Gasteiger charge is 2.53. The monoisotopic (exact) mass is 614 g/mol. The van der Waals surface area contributed by atoms with Crippen LogP contribution in [-0.4, -0.2) is 55.9 Å². The second kappa shape index (κ2) is 16.3. The molecule has 1 aliphatic rings. The first-order valence-electron chi connectivity index (χ1n) is 14.9. The summed E-state index contributed by atoms with van der Waals surface area (Å²) in [4.78, 5) is 26.2. The molecule has 1 aromatic rings. The molecule has 0 spiro atoms. The number of phosphoric acid groups is 1. The molecule has 240 valence electrons. The van der Waals surface area contributed by atoms with Crippen LogP contribution >= 0.6 is 7.82 Å². The fourth-order valence-electron chi connectivity index (χ4n) is 3.76. The lowest BCUT2D eigenvalue weighted by Crippen LogP contribution is -2.61. The maximum absolute atomic E-state index is 13.8. The first-order chi connectivity index (χ1) is 19.6. The van der Waals surface area contributed by atoms with E-state index in [-0.39, 0.29) is 19.8 Å². The molecule has 0 bridgehead atoms. The molecule has 42 heavy (non-hydrogen) atoms. The second-order valence-electron chi connectivity index (χ2n) is 12.6. The average Bonchev–Trinajstić information content (AvgIpc) is 2.90. The maximum Gasteiger partial charge on any atom is 0.477 e. The van der Waals surface area contributed by atoms with E-state index in [1.165, 1.54) is 0 Å². The molecule has 11 heteroatoms. The molecule has 0 aliphatic carbocycles. The van der Waals surface area contributed by atoms with Crippen LogP contribution in [-0.2, 0) is 53.3 Å². The van der Waals surface area contributed by atoms with Gasteiger partial charge in [0.25, 0.3) is 0 Å². The molecule has 1 heterocycles. The fraction of sp³-hybridized carbons (Fsp3) is 0.742. The van der Waals surface area contributed by atoms with Crippen molar-refractivity contribution in [2.45, 2.75) is 125 Å². The fourth-order valence-corrected chi connectivity index (χ4v) is 5.09. The van der Waals surface area contributed by atoms with Crippen molar-refractivity contribution in [3.05, 3.63) is 35.9 Å². The van der Waals surface area contributed by atoms with Gasteiger partial charge >= 0.3 is 19.8 Å². The molecule has 0 amide bonds. The van der Waals surface area contributed by atoms with Gasteiger partial charge < -0.3 is 18.9 Å². The van der Waals surface area contributed by atoms with E-state index in [4.69, 9.17) is 32.5 Å². The average molecular weight is 615 g/mol. The van der Waals surface area contributed by atoms with E-state index in [0.29, 0.717) is 12.8 Å². The number of phosphoric ester groups is 1. The van der Waals surface area contributed by atoms with Gasteiger partial charge in [0, 0.05) is 0 Å². The summed E-state index contributed by atoms with van der Waals surface area (Å²) in [6, 6.07) is 9.38. The molecule has 1 aliphatic heterocycles. The summed E-state index contributed by atoms with van der Waals surface area (Å²) < 4.78 is 55.5. The topological polar surface area (TPSA) is 116 Å². The molecular formula is C31H51O10P. The van der Waals surface area contributed by atoms with Crippen molar-refractivity contribution >= 4 is 19.8 Å². The first kappa shape index (κ1) is 36.4. The quantitative estimate of drug-likeness (QED) is 0.116. The Kier molecular flexibility index (Phi) is 14.1. The van der Waals surface area contributed by atoms with Crippen LogP contribution in [0.2, 0.25) is 0 Å². The Hall–Kier alpha value is -1.81. The minimum atomic E-state index is -4.13. The van der Waals surface area contributed by atoms with E-state index >= 15 is 0 Å². The Balaban J connectivity index is 2.52. The van der Waals surface area contributed by atoms with Crippen molar-refractivity contribution in [3.63, 3.8) is 0 Å². The van der Waals surface area contributed by atoms with Crippen molar-refractivity contribution in [2.75, 3.05) is 13.2 Å². The van der Waals surface area contributed by atoms with Gasteiger partial charge in [0.05, 0.1) is 36.8 Å². The Labute approximate surface area is 251 Å². The zero-order valence-electron chi connectivity index (χ0n) is 26.8. The van der Waals surface area contributed by atoms with Crippen molar-refractivity contribution in [3.8, 4) is 0 Å². The zero-order valence-corrected chi connectivity index (χ0v) is 27.6. The summed E-state index contributed by atoms with van der Waals surface area (Å²) >= 11 is 0. The number of hydrogen-bond acceptors (Lipinski definition) is 10.